The van der Waals surface area contributed by atoms with Gasteiger partial charge in [0.05, 0.1) is 11.9 Å². The summed E-state index contributed by atoms with van der Waals surface area (Å²) in [5.41, 5.74) is 1.59. The van der Waals surface area contributed by atoms with E-state index in [2.05, 4.69) is 10.1 Å². The highest BCUT2D eigenvalue weighted by Gasteiger charge is 2.08. The first-order chi connectivity index (χ1) is 8.15. The minimum absolute atomic E-state index is 0.302. The Kier molecular flexibility index (Phi) is 1.85. The van der Waals surface area contributed by atoms with E-state index in [1.54, 1.807) is 6.20 Å². The molecule has 0 aliphatic heterocycles. The van der Waals surface area contributed by atoms with Gasteiger partial charge in [0.25, 0.3) is 0 Å². The van der Waals surface area contributed by atoms with Crippen LogP contribution < -0.4 is 11.4 Å². The fraction of sp³-hybridized carbons (Fsp3) is 0.0909. The number of rotatable bonds is 1. The number of nitrogens with one attached hydrogen (secondary N) is 2. The van der Waals surface area contributed by atoms with E-state index < -0.39 is 5.69 Å². The Morgan fingerprint density at radius 2 is 2.06 bits per heavy atom. The van der Waals surface area contributed by atoms with E-state index in [4.69, 9.17) is 0 Å². The number of imidazole rings is 1. The molecule has 0 fully saturated rings. The summed E-state index contributed by atoms with van der Waals surface area (Å²) in [5, 5.41) is 2.40. The molecular formula is C11H10N4O2. The summed E-state index contributed by atoms with van der Waals surface area (Å²) in [6.07, 6.45) is 1.59. The fourth-order valence-corrected chi connectivity index (χ4v) is 1.85. The van der Waals surface area contributed by atoms with E-state index in [1.807, 2.05) is 31.2 Å². The van der Waals surface area contributed by atoms with E-state index in [9.17, 15) is 9.59 Å². The van der Waals surface area contributed by atoms with Crippen molar-refractivity contribution >= 4 is 5.65 Å². The lowest BCUT2D eigenvalue weighted by Crippen LogP contribution is -2.21. The number of aryl methyl sites for hydroxylation is 1. The fourth-order valence-electron chi connectivity index (χ4n) is 1.85. The van der Waals surface area contributed by atoms with Crippen molar-refractivity contribution < 1.29 is 0 Å². The number of hydrogen-bond donors (Lipinski definition) is 2. The molecule has 2 aromatic heterocycles. The van der Waals surface area contributed by atoms with Gasteiger partial charge >= 0.3 is 11.4 Å². The van der Waals surface area contributed by atoms with Crippen LogP contribution in [0, 0.1) is 6.92 Å². The maximum Gasteiger partial charge on any atom is 0.353 e. The van der Waals surface area contributed by atoms with Gasteiger partial charge in [-0.25, -0.2) is 14.7 Å². The van der Waals surface area contributed by atoms with Crippen molar-refractivity contribution in [3.63, 3.8) is 0 Å². The number of hydrogen-bond acceptors (Lipinski definition) is 2. The summed E-state index contributed by atoms with van der Waals surface area (Å²) >= 11 is 0. The third-order valence-electron chi connectivity index (χ3n) is 2.62. The lowest BCUT2D eigenvalue weighted by Gasteiger charge is -2.01. The van der Waals surface area contributed by atoms with E-state index in [1.165, 1.54) is 9.08 Å². The second-order valence-electron chi connectivity index (χ2n) is 3.91. The Bertz CT molecular complexity index is 803. The Balaban J connectivity index is 2.31. The zero-order valence-corrected chi connectivity index (χ0v) is 9.10. The zero-order valence-electron chi connectivity index (χ0n) is 9.10. The Labute approximate surface area is 95.1 Å². The predicted molar refractivity (Wildman–Crippen MR) is 62.7 cm³/mol. The third-order valence-corrected chi connectivity index (χ3v) is 2.62. The van der Waals surface area contributed by atoms with E-state index in [-0.39, 0.29) is 5.69 Å². The first-order valence-corrected chi connectivity index (χ1v) is 5.14. The van der Waals surface area contributed by atoms with Crippen LogP contribution in [0.3, 0.4) is 0 Å². The quantitative estimate of drug-likeness (QED) is 0.635. The van der Waals surface area contributed by atoms with Crippen molar-refractivity contribution in [2.24, 2.45) is 0 Å². The normalized spacial score (nSPS) is 11.1. The molecule has 0 aliphatic carbocycles. The Morgan fingerprint density at radius 3 is 2.76 bits per heavy atom. The predicted octanol–water partition coefficient (Wildman–Crippen LogP) is 0.415. The van der Waals surface area contributed by atoms with Gasteiger partial charge < -0.3 is 0 Å². The van der Waals surface area contributed by atoms with Crippen LogP contribution in [0.2, 0.25) is 0 Å². The molecule has 86 valence electrons. The molecule has 0 saturated carbocycles. The standard InChI is InChI=1S/C11H10N4O2/c1-7-3-2-4-8(5-7)14-6-9-12-10(16)13-15(9)11(14)17/h2-6H,1H3,(H2,12,13,16). The molecule has 6 heteroatoms. The lowest BCUT2D eigenvalue weighted by atomic mass is 10.2. The van der Waals surface area contributed by atoms with Gasteiger partial charge in [-0.2, -0.15) is 4.52 Å². The van der Waals surface area contributed by atoms with Crippen molar-refractivity contribution in [3.05, 3.63) is 57.0 Å². The number of benzene rings is 1. The van der Waals surface area contributed by atoms with Gasteiger partial charge in [-0.05, 0) is 24.6 Å². The Hall–Kier alpha value is -2.50. The highest BCUT2D eigenvalue weighted by atomic mass is 16.2. The topological polar surface area (TPSA) is 75.1 Å². The smallest absolute Gasteiger partial charge is 0.290 e. The summed E-state index contributed by atoms with van der Waals surface area (Å²) in [6.45, 7) is 1.96. The van der Waals surface area contributed by atoms with E-state index in [0.29, 0.717) is 5.65 Å². The molecule has 0 aliphatic rings. The molecule has 3 aromatic rings. The van der Waals surface area contributed by atoms with Gasteiger partial charge in [-0.3, -0.25) is 9.55 Å². The molecule has 0 atom stereocenters. The van der Waals surface area contributed by atoms with Crippen molar-refractivity contribution in [1.82, 2.24) is 19.2 Å². The second kappa shape index (κ2) is 3.24. The summed E-state index contributed by atoms with van der Waals surface area (Å²) in [5.74, 6) is 0. The molecule has 0 bridgehead atoms. The highest BCUT2D eigenvalue weighted by Crippen LogP contribution is 2.08. The lowest BCUT2D eigenvalue weighted by molar-refractivity contribution is 0.839. The van der Waals surface area contributed by atoms with Gasteiger partial charge in [-0.15, -0.1) is 0 Å². The molecule has 0 radical (unpaired) electrons. The molecule has 0 unspecified atom stereocenters. The van der Waals surface area contributed by atoms with Crippen LogP contribution in [0.5, 0.6) is 0 Å². The number of H-pyrrole nitrogens is 2. The van der Waals surface area contributed by atoms with Crippen molar-refractivity contribution in [2.45, 2.75) is 6.92 Å². The van der Waals surface area contributed by atoms with Crippen molar-refractivity contribution in [1.29, 1.82) is 0 Å². The summed E-state index contributed by atoms with van der Waals surface area (Å²) < 4.78 is 2.67. The van der Waals surface area contributed by atoms with Crippen molar-refractivity contribution in [2.75, 3.05) is 0 Å². The van der Waals surface area contributed by atoms with Crippen LogP contribution in [-0.4, -0.2) is 19.2 Å². The molecular weight excluding hydrogens is 220 g/mol. The highest BCUT2D eigenvalue weighted by molar-refractivity contribution is 5.41. The monoisotopic (exact) mass is 230 g/mol. The summed E-state index contributed by atoms with van der Waals surface area (Å²) in [6, 6.07) is 7.58. The van der Waals surface area contributed by atoms with E-state index in [0.717, 1.165) is 11.3 Å². The number of aromatic nitrogens is 4. The molecule has 2 N–H and O–H groups in total. The summed E-state index contributed by atoms with van der Waals surface area (Å²) in [4.78, 5) is 25.5. The van der Waals surface area contributed by atoms with Gasteiger partial charge in [0.1, 0.15) is 0 Å². The van der Waals surface area contributed by atoms with Crippen LogP contribution in [-0.2, 0) is 0 Å². The maximum atomic E-state index is 12.0. The van der Waals surface area contributed by atoms with Gasteiger partial charge in [0.15, 0.2) is 5.65 Å². The molecule has 0 spiro atoms. The number of fused-ring (bicyclic) bond motifs is 1. The number of nitrogens with zero attached hydrogens (tertiary/aromatic N) is 2. The second-order valence-corrected chi connectivity index (χ2v) is 3.91. The number of aromatic amines is 2. The summed E-state index contributed by atoms with van der Waals surface area (Å²) in [7, 11) is 0. The largest absolute Gasteiger partial charge is 0.353 e. The zero-order chi connectivity index (χ0) is 12.0. The molecule has 0 saturated heterocycles. The SMILES string of the molecule is Cc1cccc(-n2cc3[nH]c(=O)[nH]n3c2=O)c1. The van der Waals surface area contributed by atoms with Gasteiger partial charge in [0.2, 0.25) is 0 Å². The average molecular weight is 230 g/mol. The van der Waals surface area contributed by atoms with Crippen LogP contribution in [0.4, 0.5) is 0 Å². The first-order valence-electron chi connectivity index (χ1n) is 5.14. The third kappa shape index (κ3) is 1.42. The van der Waals surface area contributed by atoms with Gasteiger partial charge in [-0.1, -0.05) is 12.1 Å². The first kappa shape index (κ1) is 9.71. The average Bonchev–Trinajstić information content (AvgIpc) is 2.78. The van der Waals surface area contributed by atoms with Crippen molar-refractivity contribution in [3.8, 4) is 5.69 Å². The minimum Gasteiger partial charge on any atom is -0.290 e. The molecule has 6 nitrogen and oxygen atoms in total. The molecule has 1 aromatic carbocycles. The molecule has 17 heavy (non-hydrogen) atoms. The van der Waals surface area contributed by atoms with E-state index >= 15 is 0 Å². The van der Waals surface area contributed by atoms with Crippen LogP contribution in [0.25, 0.3) is 11.3 Å². The van der Waals surface area contributed by atoms with Crippen LogP contribution in [0.15, 0.2) is 40.1 Å². The van der Waals surface area contributed by atoms with Crippen LogP contribution >= 0.6 is 0 Å². The van der Waals surface area contributed by atoms with Crippen LogP contribution in [0.1, 0.15) is 5.56 Å². The molecule has 2 heterocycles. The maximum absolute atomic E-state index is 12.0. The molecule has 0 amide bonds. The van der Waals surface area contributed by atoms with Gasteiger partial charge in [0, 0.05) is 0 Å². The minimum atomic E-state index is -0.395. The Morgan fingerprint density at radius 1 is 1.24 bits per heavy atom. The molecule has 3 rings (SSSR count).